The van der Waals surface area contributed by atoms with Crippen LogP contribution in [0.25, 0.3) is 0 Å². The molecule has 0 saturated carbocycles. The number of hydrogen-bond donors (Lipinski definition) is 1. The molecule has 1 rings (SSSR count). The number of rotatable bonds is 6. The molecule has 0 aromatic heterocycles. The first kappa shape index (κ1) is 15.1. The summed E-state index contributed by atoms with van der Waals surface area (Å²) in [6.45, 7) is 14.4. The van der Waals surface area contributed by atoms with Crippen molar-refractivity contribution >= 4 is 11.8 Å². The van der Waals surface area contributed by atoms with Gasteiger partial charge in [-0.1, -0.05) is 30.4 Å². The van der Waals surface area contributed by atoms with Gasteiger partial charge in [-0.25, -0.2) is 0 Å². The van der Waals surface area contributed by atoms with Crippen molar-refractivity contribution in [2.24, 2.45) is 0 Å². The number of thioether (sulfide) groups is 1. The summed E-state index contributed by atoms with van der Waals surface area (Å²) in [5, 5.41) is 3.85. The average molecular weight is 261 g/mol. The molecule has 1 aromatic rings. The fourth-order valence-electron chi connectivity index (χ4n) is 1.70. The number of hydrogen-bond acceptors (Lipinski definition) is 2. The maximum absolute atomic E-state index is 3.95. The van der Waals surface area contributed by atoms with Crippen molar-refractivity contribution in [3.05, 3.63) is 55.6 Å². The minimum absolute atomic E-state index is 0.0668. The maximum atomic E-state index is 3.95. The standard InChI is InChI=1S/C16H23NS/c1-6-14(17-16(3,4)5)15(7-2)18-13-11-9-8-10-12-13/h6-12,14-15,17H,1-2H2,3-5H3. The summed E-state index contributed by atoms with van der Waals surface area (Å²) in [4.78, 5) is 1.25. The quantitative estimate of drug-likeness (QED) is 0.606. The van der Waals surface area contributed by atoms with Gasteiger partial charge in [-0.2, -0.15) is 0 Å². The van der Waals surface area contributed by atoms with E-state index >= 15 is 0 Å². The van der Waals surface area contributed by atoms with Crippen LogP contribution in [0.3, 0.4) is 0 Å². The van der Waals surface area contributed by atoms with E-state index in [1.54, 1.807) is 0 Å². The largest absolute Gasteiger partial charge is 0.304 e. The topological polar surface area (TPSA) is 12.0 Å². The summed E-state index contributed by atoms with van der Waals surface area (Å²) in [6.07, 6.45) is 3.95. The molecule has 0 fully saturated rings. The molecular formula is C16H23NS. The van der Waals surface area contributed by atoms with E-state index in [1.165, 1.54) is 4.90 Å². The van der Waals surface area contributed by atoms with Crippen LogP contribution in [0.5, 0.6) is 0 Å². The van der Waals surface area contributed by atoms with Gasteiger partial charge in [0.1, 0.15) is 0 Å². The van der Waals surface area contributed by atoms with E-state index in [-0.39, 0.29) is 16.8 Å². The lowest BCUT2D eigenvalue weighted by Gasteiger charge is -2.30. The van der Waals surface area contributed by atoms with Gasteiger partial charge in [0.2, 0.25) is 0 Å². The van der Waals surface area contributed by atoms with Crippen molar-refractivity contribution in [1.29, 1.82) is 0 Å². The van der Waals surface area contributed by atoms with Crippen LogP contribution in [-0.4, -0.2) is 16.8 Å². The molecular weight excluding hydrogens is 238 g/mol. The Morgan fingerprint density at radius 2 is 1.72 bits per heavy atom. The van der Waals surface area contributed by atoms with Gasteiger partial charge in [0.25, 0.3) is 0 Å². The van der Waals surface area contributed by atoms with Gasteiger partial charge >= 0.3 is 0 Å². The van der Waals surface area contributed by atoms with Crippen LogP contribution in [0.15, 0.2) is 60.5 Å². The van der Waals surface area contributed by atoms with E-state index in [9.17, 15) is 0 Å². The van der Waals surface area contributed by atoms with E-state index in [1.807, 2.05) is 30.0 Å². The Hall–Kier alpha value is -0.990. The van der Waals surface area contributed by atoms with Crippen molar-refractivity contribution in [2.75, 3.05) is 0 Å². The molecule has 1 nitrogen and oxygen atoms in total. The molecule has 0 heterocycles. The molecule has 0 spiro atoms. The zero-order chi connectivity index (χ0) is 13.6. The Labute approximate surface area is 115 Å². The van der Waals surface area contributed by atoms with Crippen molar-refractivity contribution in [1.82, 2.24) is 5.32 Å². The monoisotopic (exact) mass is 261 g/mol. The Morgan fingerprint density at radius 1 is 1.11 bits per heavy atom. The highest BCUT2D eigenvalue weighted by Crippen LogP contribution is 2.27. The van der Waals surface area contributed by atoms with Crippen LogP contribution in [0.4, 0.5) is 0 Å². The van der Waals surface area contributed by atoms with Crippen LogP contribution in [-0.2, 0) is 0 Å². The first-order chi connectivity index (χ1) is 8.46. The fourth-order valence-corrected chi connectivity index (χ4v) is 2.75. The van der Waals surface area contributed by atoms with E-state index in [4.69, 9.17) is 0 Å². The van der Waals surface area contributed by atoms with Gasteiger partial charge in [0.05, 0.1) is 0 Å². The Balaban J connectivity index is 2.75. The number of benzene rings is 1. The van der Waals surface area contributed by atoms with Crippen molar-refractivity contribution in [3.63, 3.8) is 0 Å². The molecule has 0 amide bonds. The zero-order valence-corrected chi connectivity index (χ0v) is 12.3. The second kappa shape index (κ2) is 6.81. The molecule has 1 aromatic carbocycles. The van der Waals surface area contributed by atoms with E-state index < -0.39 is 0 Å². The second-order valence-corrected chi connectivity index (χ2v) is 6.54. The molecule has 98 valence electrons. The van der Waals surface area contributed by atoms with E-state index in [0.29, 0.717) is 0 Å². The minimum atomic E-state index is 0.0668. The molecule has 2 atom stereocenters. The molecule has 0 radical (unpaired) electrons. The molecule has 0 aliphatic carbocycles. The summed E-state index contributed by atoms with van der Waals surface area (Å²) < 4.78 is 0. The van der Waals surface area contributed by atoms with Gasteiger partial charge in [-0.05, 0) is 32.9 Å². The molecule has 1 N–H and O–H groups in total. The van der Waals surface area contributed by atoms with Crippen LogP contribution < -0.4 is 5.32 Å². The summed E-state index contributed by atoms with van der Waals surface area (Å²) in [6, 6.07) is 10.6. The highest BCUT2D eigenvalue weighted by molar-refractivity contribution is 8.00. The third kappa shape index (κ3) is 5.11. The third-order valence-electron chi connectivity index (χ3n) is 2.46. The predicted molar refractivity (Wildman–Crippen MR) is 83.2 cm³/mol. The molecule has 0 saturated heterocycles. The average Bonchev–Trinajstić information content (AvgIpc) is 2.33. The van der Waals surface area contributed by atoms with E-state index in [0.717, 1.165) is 0 Å². The summed E-state index contributed by atoms with van der Waals surface area (Å²) in [7, 11) is 0. The Kier molecular flexibility index (Phi) is 5.70. The molecule has 0 aliphatic heterocycles. The normalized spacial score (nSPS) is 14.8. The minimum Gasteiger partial charge on any atom is -0.304 e. The Bertz CT molecular complexity index is 378. The summed E-state index contributed by atoms with van der Waals surface area (Å²) >= 11 is 1.81. The Morgan fingerprint density at radius 3 is 2.17 bits per heavy atom. The van der Waals surface area contributed by atoms with Crippen LogP contribution in [0, 0.1) is 0 Å². The lowest BCUT2D eigenvalue weighted by Crippen LogP contribution is -2.46. The van der Waals surface area contributed by atoms with E-state index in [2.05, 4.69) is 63.5 Å². The highest BCUT2D eigenvalue weighted by Gasteiger charge is 2.21. The van der Waals surface area contributed by atoms with Gasteiger partial charge < -0.3 is 5.32 Å². The smallest absolute Gasteiger partial charge is 0.0461 e. The summed E-state index contributed by atoms with van der Waals surface area (Å²) in [5.41, 5.74) is 0.0668. The SMILES string of the molecule is C=CC(NC(C)(C)C)C(C=C)Sc1ccccc1. The van der Waals surface area contributed by atoms with Crippen LogP contribution in [0.1, 0.15) is 20.8 Å². The predicted octanol–water partition coefficient (Wildman–Crippen LogP) is 4.28. The zero-order valence-electron chi connectivity index (χ0n) is 11.5. The van der Waals surface area contributed by atoms with Gasteiger partial charge in [0.15, 0.2) is 0 Å². The third-order valence-corrected chi connectivity index (χ3v) is 3.76. The first-order valence-corrected chi connectivity index (χ1v) is 7.09. The highest BCUT2D eigenvalue weighted by atomic mass is 32.2. The molecule has 2 unspecified atom stereocenters. The fraction of sp³-hybridized carbons (Fsp3) is 0.375. The maximum Gasteiger partial charge on any atom is 0.0461 e. The van der Waals surface area contributed by atoms with Crippen LogP contribution in [0.2, 0.25) is 0 Å². The van der Waals surface area contributed by atoms with Crippen molar-refractivity contribution < 1.29 is 0 Å². The molecule has 0 aliphatic rings. The van der Waals surface area contributed by atoms with Crippen LogP contribution >= 0.6 is 11.8 Å². The molecule has 2 heteroatoms. The lowest BCUT2D eigenvalue weighted by atomic mass is 10.1. The molecule has 0 bridgehead atoms. The van der Waals surface area contributed by atoms with Crippen molar-refractivity contribution in [3.8, 4) is 0 Å². The second-order valence-electron chi connectivity index (χ2n) is 5.29. The van der Waals surface area contributed by atoms with Gasteiger partial charge in [0, 0.05) is 21.7 Å². The molecule has 18 heavy (non-hydrogen) atoms. The van der Waals surface area contributed by atoms with Crippen molar-refractivity contribution in [2.45, 2.75) is 42.5 Å². The number of nitrogens with one attached hydrogen (secondary N) is 1. The summed E-state index contributed by atoms with van der Waals surface area (Å²) in [5.74, 6) is 0. The first-order valence-electron chi connectivity index (χ1n) is 6.21. The van der Waals surface area contributed by atoms with Gasteiger partial charge in [-0.3, -0.25) is 0 Å². The lowest BCUT2D eigenvalue weighted by molar-refractivity contribution is 0.395. The van der Waals surface area contributed by atoms with Gasteiger partial charge in [-0.15, -0.1) is 24.9 Å².